The smallest absolute Gasteiger partial charge is 0.238 e. The third kappa shape index (κ3) is 2.62. The van der Waals surface area contributed by atoms with E-state index in [0.717, 1.165) is 10.2 Å². The number of hydrogen-bond acceptors (Lipinski definition) is 4. The Morgan fingerprint density at radius 3 is 2.92 bits per heavy atom. The van der Waals surface area contributed by atoms with Gasteiger partial charge >= 0.3 is 0 Å². The molecule has 0 atom stereocenters. The molecule has 0 aliphatic carbocycles. The van der Waals surface area contributed by atoms with Crippen molar-refractivity contribution in [1.29, 1.82) is 0 Å². The third-order valence-corrected chi connectivity index (χ3v) is 2.66. The molecule has 1 heterocycles. The highest BCUT2D eigenvalue weighted by molar-refractivity contribution is 8.23. The molecule has 4 nitrogen and oxygen atoms in total. The number of carbonyl (C=O) groups excluding carboxylic acids is 1. The van der Waals surface area contributed by atoms with Crippen LogP contribution in [-0.4, -0.2) is 46.7 Å². The highest BCUT2D eigenvalue weighted by atomic mass is 32.2. The molecule has 1 N–H and O–H groups in total. The van der Waals surface area contributed by atoms with Gasteiger partial charge in [0.2, 0.25) is 5.91 Å². The van der Waals surface area contributed by atoms with Gasteiger partial charge in [-0.3, -0.25) is 4.79 Å². The lowest BCUT2D eigenvalue weighted by Gasteiger charge is -2.16. The van der Waals surface area contributed by atoms with Crippen molar-refractivity contribution in [3.05, 3.63) is 0 Å². The van der Waals surface area contributed by atoms with E-state index in [0.29, 0.717) is 6.54 Å². The van der Waals surface area contributed by atoms with Crippen LogP contribution in [0.5, 0.6) is 0 Å². The summed E-state index contributed by atoms with van der Waals surface area (Å²) in [6, 6.07) is 0. The Kier molecular flexibility index (Phi) is 3.30. The van der Waals surface area contributed by atoms with Gasteiger partial charge in [-0.2, -0.15) is 0 Å². The zero-order valence-corrected chi connectivity index (χ0v) is 8.67. The molecule has 0 unspecified atom stereocenters. The minimum atomic E-state index is 0.0767. The summed E-state index contributed by atoms with van der Waals surface area (Å²) in [5, 5.41) is 1.80. The molecule has 12 heavy (non-hydrogen) atoms. The minimum absolute atomic E-state index is 0.0767. The standard InChI is InChI=1S/C6H11N3OS2/c1-8(2)5(10)3-9-4-12-6(11)7-9/h3-4H2,1-2H3,(H,7,11). The third-order valence-electron chi connectivity index (χ3n) is 1.43. The lowest BCUT2D eigenvalue weighted by Crippen LogP contribution is -2.41. The fourth-order valence-corrected chi connectivity index (χ4v) is 1.63. The summed E-state index contributed by atoms with van der Waals surface area (Å²) in [6.07, 6.45) is 0. The molecule has 0 saturated carbocycles. The molecule has 1 amide bonds. The normalized spacial score (nSPS) is 17.7. The van der Waals surface area contributed by atoms with Crippen LogP contribution in [0, 0.1) is 0 Å². The Morgan fingerprint density at radius 1 is 1.83 bits per heavy atom. The number of likely N-dealkylation sites (N-methyl/N-ethyl adjacent to an activating group) is 1. The first-order valence-electron chi connectivity index (χ1n) is 3.48. The van der Waals surface area contributed by atoms with Crippen molar-refractivity contribution < 1.29 is 4.79 Å². The molecular formula is C6H11N3OS2. The summed E-state index contributed by atoms with van der Waals surface area (Å²) >= 11 is 6.43. The van der Waals surface area contributed by atoms with Gasteiger partial charge in [0.25, 0.3) is 0 Å². The number of hydrogen-bond donors (Lipinski definition) is 1. The fourth-order valence-electron chi connectivity index (χ4n) is 0.720. The van der Waals surface area contributed by atoms with Gasteiger partial charge in [-0.05, 0) is 0 Å². The Hall–Kier alpha value is -0.330. The highest BCUT2D eigenvalue weighted by Gasteiger charge is 2.19. The topological polar surface area (TPSA) is 35.6 Å². The lowest BCUT2D eigenvalue weighted by molar-refractivity contribution is -0.129. The zero-order chi connectivity index (χ0) is 9.14. The summed E-state index contributed by atoms with van der Waals surface area (Å²) in [7, 11) is 3.48. The van der Waals surface area contributed by atoms with Crippen LogP contribution < -0.4 is 5.43 Å². The van der Waals surface area contributed by atoms with Crippen molar-refractivity contribution in [3.8, 4) is 0 Å². The summed E-state index contributed by atoms with van der Waals surface area (Å²) in [4.78, 5) is 12.8. The second-order valence-electron chi connectivity index (χ2n) is 2.66. The van der Waals surface area contributed by atoms with Crippen LogP contribution in [0.1, 0.15) is 0 Å². The van der Waals surface area contributed by atoms with Gasteiger partial charge in [0.15, 0.2) is 0 Å². The summed E-state index contributed by atoms with van der Waals surface area (Å²) in [5.41, 5.74) is 2.92. The highest BCUT2D eigenvalue weighted by Crippen LogP contribution is 2.11. The molecule has 0 bridgehead atoms. The number of carbonyl (C=O) groups is 1. The number of nitrogens with one attached hydrogen (secondary N) is 1. The van der Waals surface area contributed by atoms with E-state index in [1.165, 1.54) is 11.8 Å². The number of rotatable bonds is 2. The Bertz CT molecular complexity index is 207. The molecule has 1 saturated heterocycles. The lowest BCUT2D eigenvalue weighted by atomic mass is 10.5. The van der Waals surface area contributed by atoms with Gasteiger partial charge in [0, 0.05) is 14.1 Å². The predicted molar refractivity (Wildman–Crippen MR) is 53.6 cm³/mol. The largest absolute Gasteiger partial charge is 0.348 e. The molecular weight excluding hydrogens is 194 g/mol. The quantitative estimate of drug-likeness (QED) is 0.635. The minimum Gasteiger partial charge on any atom is -0.348 e. The molecule has 0 spiro atoms. The van der Waals surface area contributed by atoms with Crippen molar-refractivity contribution in [2.24, 2.45) is 0 Å². The molecule has 68 valence electrons. The van der Waals surface area contributed by atoms with Crippen LogP contribution in [0.25, 0.3) is 0 Å². The number of hydrazine groups is 1. The van der Waals surface area contributed by atoms with E-state index in [1.54, 1.807) is 24.0 Å². The van der Waals surface area contributed by atoms with E-state index in [-0.39, 0.29) is 5.91 Å². The maximum Gasteiger partial charge on any atom is 0.238 e. The van der Waals surface area contributed by atoms with Crippen LogP contribution >= 0.6 is 24.0 Å². The number of nitrogens with zero attached hydrogens (tertiary/aromatic N) is 2. The van der Waals surface area contributed by atoms with Gasteiger partial charge < -0.3 is 10.3 Å². The second-order valence-corrected chi connectivity index (χ2v) is 4.28. The van der Waals surface area contributed by atoms with Gasteiger partial charge in [-0.1, -0.05) is 24.0 Å². The molecule has 0 aromatic rings. The van der Waals surface area contributed by atoms with Crippen LogP contribution in [0.2, 0.25) is 0 Å². The van der Waals surface area contributed by atoms with Crippen molar-refractivity contribution in [1.82, 2.24) is 15.3 Å². The Balaban J connectivity index is 2.32. The first-order chi connectivity index (χ1) is 5.59. The number of amides is 1. The molecule has 1 rings (SSSR count). The number of thiocarbonyl (C=S) groups is 1. The Labute approximate surface area is 81.2 Å². The van der Waals surface area contributed by atoms with Crippen molar-refractivity contribution in [2.75, 3.05) is 26.5 Å². The Morgan fingerprint density at radius 2 is 2.50 bits per heavy atom. The first kappa shape index (κ1) is 9.76. The van der Waals surface area contributed by atoms with Crippen molar-refractivity contribution in [3.63, 3.8) is 0 Å². The van der Waals surface area contributed by atoms with Crippen LogP contribution in [0.3, 0.4) is 0 Å². The average Bonchev–Trinajstić information content (AvgIpc) is 2.35. The predicted octanol–water partition coefficient (Wildman–Crippen LogP) is -0.130. The van der Waals surface area contributed by atoms with Crippen LogP contribution in [0.4, 0.5) is 0 Å². The van der Waals surface area contributed by atoms with E-state index < -0.39 is 0 Å². The molecule has 0 radical (unpaired) electrons. The van der Waals surface area contributed by atoms with E-state index in [1.807, 2.05) is 0 Å². The fraction of sp³-hybridized carbons (Fsp3) is 0.667. The summed E-state index contributed by atoms with van der Waals surface area (Å²) in [5.74, 6) is 0.825. The molecule has 6 heteroatoms. The van der Waals surface area contributed by atoms with Gasteiger partial charge in [0.1, 0.15) is 4.32 Å². The average molecular weight is 205 g/mol. The van der Waals surface area contributed by atoms with E-state index >= 15 is 0 Å². The molecule has 1 fully saturated rings. The van der Waals surface area contributed by atoms with Crippen LogP contribution in [-0.2, 0) is 4.79 Å². The van der Waals surface area contributed by atoms with Gasteiger partial charge in [0.05, 0.1) is 12.4 Å². The second kappa shape index (κ2) is 4.06. The van der Waals surface area contributed by atoms with Crippen molar-refractivity contribution >= 4 is 34.2 Å². The van der Waals surface area contributed by atoms with Crippen LogP contribution in [0.15, 0.2) is 0 Å². The van der Waals surface area contributed by atoms with Crippen molar-refractivity contribution in [2.45, 2.75) is 0 Å². The zero-order valence-electron chi connectivity index (χ0n) is 7.03. The monoisotopic (exact) mass is 205 g/mol. The van der Waals surface area contributed by atoms with E-state index in [2.05, 4.69) is 5.43 Å². The maximum atomic E-state index is 11.2. The summed E-state index contributed by atoms with van der Waals surface area (Å²) < 4.78 is 0.738. The molecule has 0 aromatic carbocycles. The van der Waals surface area contributed by atoms with Gasteiger partial charge in [-0.25, -0.2) is 5.01 Å². The van der Waals surface area contributed by atoms with Gasteiger partial charge in [-0.15, -0.1) is 0 Å². The number of thioether (sulfide) groups is 1. The molecule has 1 aliphatic heterocycles. The molecule has 0 aromatic heterocycles. The van der Waals surface area contributed by atoms with E-state index in [9.17, 15) is 4.79 Å². The SMILES string of the molecule is CN(C)C(=O)CN1CSC(=S)N1. The van der Waals surface area contributed by atoms with E-state index in [4.69, 9.17) is 12.2 Å². The maximum absolute atomic E-state index is 11.2. The molecule has 1 aliphatic rings. The summed E-state index contributed by atoms with van der Waals surface area (Å²) in [6.45, 7) is 0.375. The first-order valence-corrected chi connectivity index (χ1v) is 4.87.